The highest BCUT2D eigenvalue weighted by atomic mass is 35.5. The van der Waals surface area contributed by atoms with Crippen molar-refractivity contribution in [1.82, 2.24) is 0 Å². The first-order valence-electron chi connectivity index (χ1n) is 10.1. The number of thiophene rings is 1. The highest BCUT2D eigenvalue weighted by Crippen LogP contribution is 2.44. The van der Waals surface area contributed by atoms with E-state index >= 15 is 0 Å². The number of halogens is 1. The van der Waals surface area contributed by atoms with E-state index in [0.717, 1.165) is 28.2 Å². The molecule has 0 fully saturated rings. The van der Waals surface area contributed by atoms with Crippen molar-refractivity contribution in [1.29, 1.82) is 0 Å². The lowest BCUT2D eigenvalue weighted by atomic mass is 10.1. The molecule has 0 atom stereocenters. The molecule has 0 saturated heterocycles. The van der Waals surface area contributed by atoms with Crippen LogP contribution in [0.15, 0.2) is 82.6 Å². The van der Waals surface area contributed by atoms with Crippen molar-refractivity contribution in [3.63, 3.8) is 0 Å². The average molecular weight is 497 g/mol. The van der Waals surface area contributed by atoms with Crippen LogP contribution >= 0.6 is 22.9 Å². The average Bonchev–Trinajstić information content (AvgIpc) is 3.13. The highest BCUT2D eigenvalue weighted by molar-refractivity contribution is 7.92. The van der Waals surface area contributed by atoms with Crippen molar-refractivity contribution in [2.24, 2.45) is 0 Å². The molecule has 0 saturated carbocycles. The number of aryl methyl sites for hydroxylation is 2. The summed E-state index contributed by atoms with van der Waals surface area (Å²) < 4.78 is 27.3. The quantitative estimate of drug-likeness (QED) is 0.301. The van der Waals surface area contributed by atoms with E-state index in [1.807, 2.05) is 32.0 Å². The van der Waals surface area contributed by atoms with Crippen molar-refractivity contribution in [3.8, 4) is 0 Å². The molecule has 0 amide bonds. The second-order valence-electron chi connectivity index (χ2n) is 7.55. The summed E-state index contributed by atoms with van der Waals surface area (Å²) in [7, 11) is -4.05. The lowest BCUT2D eigenvalue weighted by molar-refractivity contribution is 0.104. The summed E-state index contributed by atoms with van der Waals surface area (Å²) in [6.07, 6.45) is 0. The first-order chi connectivity index (χ1) is 15.7. The van der Waals surface area contributed by atoms with Crippen LogP contribution in [0.25, 0.3) is 0 Å². The number of benzene rings is 3. The Morgan fingerprint density at radius 2 is 1.52 bits per heavy atom. The first kappa shape index (κ1) is 23.0. The Morgan fingerprint density at radius 1 is 0.909 bits per heavy atom. The minimum absolute atomic E-state index is 0.0414. The summed E-state index contributed by atoms with van der Waals surface area (Å²) in [5.41, 5.74) is 9.37. The number of nitrogens with two attached hydrogens (primary N) is 1. The van der Waals surface area contributed by atoms with Crippen LogP contribution < -0.4 is 11.1 Å². The Kier molecular flexibility index (Phi) is 6.30. The van der Waals surface area contributed by atoms with Crippen LogP contribution in [0.1, 0.15) is 26.4 Å². The predicted octanol–water partition coefficient (Wildman–Crippen LogP) is 6.41. The number of ketones is 1. The highest BCUT2D eigenvalue weighted by Gasteiger charge is 2.32. The molecular weight excluding hydrogens is 476 g/mol. The van der Waals surface area contributed by atoms with Gasteiger partial charge in [0, 0.05) is 16.3 Å². The van der Waals surface area contributed by atoms with Crippen LogP contribution in [0.4, 0.5) is 16.4 Å². The molecule has 168 valence electrons. The largest absolute Gasteiger partial charge is 0.396 e. The lowest BCUT2D eigenvalue weighted by Gasteiger charge is -2.13. The number of carbonyl (C=O) groups is 1. The molecule has 8 heteroatoms. The fraction of sp³-hybridized carbons (Fsp3) is 0.0800. The molecule has 33 heavy (non-hydrogen) atoms. The monoisotopic (exact) mass is 496 g/mol. The Labute approximate surface area is 201 Å². The number of nitrogen functional groups attached to an aromatic ring is 1. The smallest absolute Gasteiger partial charge is 0.211 e. The topological polar surface area (TPSA) is 89.3 Å². The van der Waals surface area contributed by atoms with Gasteiger partial charge in [-0.1, -0.05) is 60.1 Å². The third-order valence-electron chi connectivity index (χ3n) is 5.25. The molecule has 3 N–H and O–H groups in total. The number of rotatable bonds is 6. The van der Waals surface area contributed by atoms with E-state index in [0.29, 0.717) is 15.6 Å². The van der Waals surface area contributed by atoms with Gasteiger partial charge in [0.15, 0.2) is 0 Å². The maximum Gasteiger partial charge on any atom is 0.211 e. The maximum absolute atomic E-state index is 13.7. The van der Waals surface area contributed by atoms with Crippen LogP contribution in [0, 0.1) is 13.8 Å². The zero-order chi connectivity index (χ0) is 23.8. The molecule has 1 aromatic heterocycles. The van der Waals surface area contributed by atoms with Gasteiger partial charge in [0.1, 0.15) is 14.8 Å². The van der Waals surface area contributed by atoms with E-state index in [4.69, 9.17) is 17.3 Å². The molecule has 1 heterocycles. The molecule has 0 aliphatic rings. The molecule has 5 nitrogen and oxygen atoms in total. The summed E-state index contributed by atoms with van der Waals surface area (Å²) in [6.45, 7) is 3.85. The number of anilines is 3. The summed E-state index contributed by atoms with van der Waals surface area (Å²) in [5, 5.41) is 3.95. The second kappa shape index (κ2) is 9.02. The Balaban J connectivity index is 1.92. The van der Waals surface area contributed by atoms with E-state index < -0.39 is 9.84 Å². The van der Waals surface area contributed by atoms with Crippen LogP contribution in [0.5, 0.6) is 0 Å². The molecule has 0 spiro atoms. The van der Waals surface area contributed by atoms with Crippen LogP contribution in [0.2, 0.25) is 5.02 Å². The SMILES string of the molecule is Cc1cccc(C)c1Nc1sc(C(=O)c2ccccc2)c(N)c1S(=O)(=O)c1ccc(Cl)cc1. The Hall–Kier alpha value is -3.13. The molecule has 0 unspecified atom stereocenters. The fourth-order valence-electron chi connectivity index (χ4n) is 3.52. The molecule has 0 aliphatic carbocycles. The third-order valence-corrected chi connectivity index (χ3v) is 8.61. The Bertz CT molecular complexity index is 1430. The minimum Gasteiger partial charge on any atom is -0.396 e. The maximum atomic E-state index is 13.7. The predicted molar refractivity (Wildman–Crippen MR) is 135 cm³/mol. The molecular formula is C25H21ClN2O3S2. The normalized spacial score (nSPS) is 11.4. The van der Waals surface area contributed by atoms with Gasteiger partial charge in [-0.2, -0.15) is 0 Å². The van der Waals surface area contributed by atoms with E-state index in [1.54, 1.807) is 30.3 Å². The van der Waals surface area contributed by atoms with Crippen LogP contribution in [-0.2, 0) is 9.84 Å². The van der Waals surface area contributed by atoms with Gasteiger partial charge in [0.25, 0.3) is 0 Å². The number of hydrogen-bond acceptors (Lipinski definition) is 6. The molecule has 3 aromatic carbocycles. The number of para-hydroxylation sites is 1. The summed E-state index contributed by atoms with van der Waals surface area (Å²) >= 11 is 6.99. The third kappa shape index (κ3) is 4.39. The zero-order valence-corrected chi connectivity index (χ0v) is 20.3. The molecule has 0 bridgehead atoms. The first-order valence-corrected chi connectivity index (χ1v) is 12.7. The van der Waals surface area contributed by atoms with Crippen LogP contribution in [-0.4, -0.2) is 14.2 Å². The van der Waals surface area contributed by atoms with Gasteiger partial charge in [0.05, 0.1) is 10.6 Å². The van der Waals surface area contributed by atoms with Crippen LogP contribution in [0.3, 0.4) is 0 Å². The summed E-state index contributed by atoms with van der Waals surface area (Å²) in [5.74, 6) is -0.333. The second-order valence-corrected chi connectivity index (χ2v) is 10.9. The van der Waals surface area contributed by atoms with E-state index in [-0.39, 0.29) is 26.1 Å². The number of carbonyl (C=O) groups excluding carboxylic acids is 1. The van der Waals surface area contributed by atoms with Gasteiger partial charge < -0.3 is 11.1 Å². The van der Waals surface area contributed by atoms with Gasteiger partial charge in [-0.3, -0.25) is 4.79 Å². The molecule has 4 rings (SSSR count). The van der Waals surface area contributed by atoms with Gasteiger partial charge >= 0.3 is 0 Å². The number of hydrogen-bond donors (Lipinski definition) is 2. The van der Waals surface area contributed by atoms with Gasteiger partial charge in [0.2, 0.25) is 15.6 Å². The number of nitrogens with one attached hydrogen (secondary N) is 1. The van der Waals surface area contributed by atoms with Gasteiger partial charge in [-0.15, -0.1) is 11.3 Å². The van der Waals surface area contributed by atoms with Crippen molar-refractivity contribution >= 4 is 54.9 Å². The van der Waals surface area contributed by atoms with Crippen molar-refractivity contribution in [3.05, 3.63) is 99.4 Å². The van der Waals surface area contributed by atoms with E-state index in [1.165, 1.54) is 24.3 Å². The standard InChI is InChI=1S/C25H21ClN2O3S2/c1-15-7-6-8-16(2)21(15)28-25-24(33(30,31)19-13-11-18(26)12-14-19)20(27)23(32-25)22(29)17-9-4-3-5-10-17/h3-14,28H,27H2,1-2H3. The lowest BCUT2D eigenvalue weighted by Crippen LogP contribution is -2.08. The molecule has 0 radical (unpaired) electrons. The fourth-order valence-corrected chi connectivity index (χ4v) is 6.57. The Morgan fingerprint density at radius 3 is 2.12 bits per heavy atom. The van der Waals surface area contributed by atoms with Gasteiger partial charge in [-0.25, -0.2) is 8.42 Å². The summed E-state index contributed by atoms with van der Waals surface area (Å²) in [6, 6.07) is 20.3. The van der Waals surface area contributed by atoms with Gasteiger partial charge in [-0.05, 0) is 49.2 Å². The van der Waals surface area contributed by atoms with Crippen molar-refractivity contribution < 1.29 is 13.2 Å². The van der Waals surface area contributed by atoms with Crippen molar-refractivity contribution in [2.75, 3.05) is 11.1 Å². The summed E-state index contributed by atoms with van der Waals surface area (Å²) in [4.78, 5) is 13.3. The zero-order valence-electron chi connectivity index (χ0n) is 17.9. The molecule has 4 aromatic rings. The van der Waals surface area contributed by atoms with Crippen molar-refractivity contribution in [2.45, 2.75) is 23.6 Å². The number of sulfone groups is 1. The van der Waals surface area contributed by atoms with E-state index in [9.17, 15) is 13.2 Å². The van der Waals surface area contributed by atoms with E-state index in [2.05, 4.69) is 5.32 Å². The molecule has 0 aliphatic heterocycles. The minimum atomic E-state index is -4.05.